The lowest BCUT2D eigenvalue weighted by Crippen LogP contribution is -2.13. The Morgan fingerprint density at radius 1 is 1.09 bits per heavy atom. The lowest BCUT2D eigenvalue weighted by atomic mass is 10.0. The van der Waals surface area contributed by atoms with Gasteiger partial charge in [0, 0.05) is 22.9 Å². The van der Waals surface area contributed by atoms with Crippen LogP contribution in [0.25, 0.3) is 11.1 Å². The number of anilines is 2. The highest BCUT2D eigenvalue weighted by atomic mass is 19.1. The van der Waals surface area contributed by atoms with E-state index in [4.69, 9.17) is 9.47 Å². The van der Waals surface area contributed by atoms with Crippen LogP contribution >= 0.6 is 0 Å². The first-order chi connectivity index (χ1) is 16.9. The van der Waals surface area contributed by atoms with E-state index < -0.39 is 19.5 Å². The van der Waals surface area contributed by atoms with E-state index in [-0.39, 0.29) is 37.9 Å². The van der Waals surface area contributed by atoms with Gasteiger partial charge in [-0.1, -0.05) is 0 Å². The summed E-state index contributed by atoms with van der Waals surface area (Å²) in [7, 11) is 1.59. The maximum atomic E-state index is 12.7. The Hall–Kier alpha value is -3.24. The second-order valence-electron chi connectivity index (χ2n) is 8.25. The molecule has 2 heterocycles. The molecule has 1 aromatic carbocycles. The smallest absolute Gasteiger partial charge is 0.227 e. The number of aryl methyl sites for hydroxylation is 1. The predicted octanol–water partition coefficient (Wildman–Crippen LogP) is 4.90. The van der Waals surface area contributed by atoms with Crippen molar-refractivity contribution in [1.29, 1.82) is 0 Å². The van der Waals surface area contributed by atoms with Crippen molar-refractivity contribution in [3.8, 4) is 16.9 Å². The fourth-order valence-electron chi connectivity index (χ4n) is 3.57. The van der Waals surface area contributed by atoms with Crippen molar-refractivity contribution in [3.05, 3.63) is 53.6 Å². The van der Waals surface area contributed by atoms with Gasteiger partial charge in [0.2, 0.25) is 5.95 Å². The highest BCUT2D eigenvalue weighted by Crippen LogP contribution is 2.33. The Labute approximate surface area is 203 Å². The molecule has 0 bridgehead atoms. The Bertz CT molecular complexity index is 1090. The number of aromatic nitrogens is 4. The van der Waals surface area contributed by atoms with Crippen LogP contribution < -0.4 is 10.1 Å². The fourth-order valence-corrected chi connectivity index (χ4v) is 3.57. The van der Waals surface area contributed by atoms with Crippen molar-refractivity contribution in [2.45, 2.75) is 39.4 Å². The number of rotatable bonds is 13. The summed E-state index contributed by atoms with van der Waals surface area (Å²) in [6.07, 6.45) is 1.37. The topological polar surface area (TPSA) is 102 Å². The summed E-state index contributed by atoms with van der Waals surface area (Å²) < 4.78 is 36.6. The Balaban J connectivity index is 1.78. The van der Waals surface area contributed by atoms with Gasteiger partial charge in [0.25, 0.3) is 0 Å². The normalized spacial score (nSPS) is 12.1. The minimum atomic E-state index is -0.817. The summed E-state index contributed by atoms with van der Waals surface area (Å²) in [5, 5.41) is 21.2. The van der Waals surface area contributed by atoms with Crippen LogP contribution in [0.2, 0.25) is 0 Å². The number of nitrogens with zero attached hydrogens (tertiary/aromatic N) is 4. The number of methoxy groups -OCH3 is 1. The lowest BCUT2D eigenvalue weighted by Gasteiger charge is -2.15. The molecule has 0 radical (unpaired) electrons. The van der Waals surface area contributed by atoms with Gasteiger partial charge < -0.3 is 19.9 Å². The van der Waals surface area contributed by atoms with E-state index in [1.54, 1.807) is 26.3 Å². The number of hydrogen-bond acceptors (Lipinski definition) is 8. The number of aliphatic hydroxyl groups is 1. The van der Waals surface area contributed by atoms with Gasteiger partial charge in [-0.25, -0.2) is 9.97 Å². The average Bonchev–Trinajstić information content (AvgIpc) is 2.84. The molecule has 0 aliphatic carbocycles. The third-order valence-corrected chi connectivity index (χ3v) is 5.41. The van der Waals surface area contributed by atoms with Crippen LogP contribution in [-0.4, -0.2) is 52.3 Å². The number of benzene rings is 1. The number of alkyl halides is 2. The molecular formula is C25H31F2N5O3. The van der Waals surface area contributed by atoms with Crippen molar-refractivity contribution in [2.24, 2.45) is 5.92 Å². The number of aliphatic hydroxyl groups excluding tert-OH is 1. The van der Waals surface area contributed by atoms with Crippen molar-refractivity contribution < 1.29 is 23.4 Å². The molecule has 0 amide bonds. The van der Waals surface area contributed by atoms with E-state index in [1.807, 2.05) is 31.2 Å². The van der Waals surface area contributed by atoms with Crippen molar-refractivity contribution in [1.82, 2.24) is 20.2 Å². The number of halogens is 2. The number of ether oxygens (including phenoxy) is 2. The van der Waals surface area contributed by atoms with Gasteiger partial charge >= 0.3 is 0 Å². The quantitative estimate of drug-likeness (QED) is 0.351. The minimum Gasteiger partial charge on any atom is -0.496 e. The second-order valence-corrected chi connectivity index (χ2v) is 8.25. The zero-order valence-corrected chi connectivity index (χ0v) is 20.2. The first-order valence-electron chi connectivity index (χ1n) is 11.4. The SMILES string of the molecule is COc1cc(Nc2nc(COCC(CCF)CCF)cc(C(C)O)n2)ccc1-c1cnnc(C)c1. The molecule has 0 saturated carbocycles. The molecule has 1 unspecified atom stereocenters. The molecule has 3 aromatic rings. The molecule has 2 aromatic heterocycles. The highest BCUT2D eigenvalue weighted by Gasteiger charge is 2.14. The molecule has 0 aliphatic heterocycles. The van der Waals surface area contributed by atoms with E-state index in [1.165, 1.54) is 0 Å². The second kappa shape index (κ2) is 13.0. The molecule has 0 aliphatic rings. The number of nitrogens with one attached hydrogen (secondary N) is 1. The van der Waals surface area contributed by atoms with Gasteiger partial charge in [-0.15, -0.1) is 0 Å². The summed E-state index contributed by atoms with van der Waals surface area (Å²) in [5.41, 5.74) is 4.19. The molecule has 0 saturated heterocycles. The van der Waals surface area contributed by atoms with Crippen LogP contribution in [0.3, 0.4) is 0 Å². The zero-order chi connectivity index (χ0) is 25.2. The summed E-state index contributed by atoms with van der Waals surface area (Å²) in [5.74, 6) is 0.720. The first kappa shape index (κ1) is 26.4. The summed E-state index contributed by atoms with van der Waals surface area (Å²) in [4.78, 5) is 8.87. The summed E-state index contributed by atoms with van der Waals surface area (Å²) in [6.45, 7) is 2.81. The predicted molar refractivity (Wildman–Crippen MR) is 129 cm³/mol. The molecule has 1 atom stereocenters. The fraction of sp³-hybridized carbons (Fsp3) is 0.440. The average molecular weight is 488 g/mol. The van der Waals surface area contributed by atoms with E-state index in [2.05, 4.69) is 25.5 Å². The van der Waals surface area contributed by atoms with Crippen LogP contribution in [-0.2, 0) is 11.3 Å². The van der Waals surface area contributed by atoms with Crippen LogP contribution in [0.5, 0.6) is 5.75 Å². The number of hydrogen-bond donors (Lipinski definition) is 2. The van der Waals surface area contributed by atoms with Crippen LogP contribution in [0.1, 0.15) is 43.0 Å². The van der Waals surface area contributed by atoms with Gasteiger partial charge in [0.15, 0.2) is 0 Å². The molecule has 8 nitrogen and oxygen atoms in total. The molecule has 0 fully saturated rings. The third kappa shape index (κ3) is 7.63. The molecular weight excluding hydrogens is 456 g/mol. The maximum Gasteiger partial charge on any atom is 0.227 e. The van der Waals surface area contributed by atoms with E-state index in [9.17, 15) is 13.9 Å². The van der Waals surface area contributed by atoms with Crippen molar-refractivity contribution >= 4 is 11.6 Å². The minimum absolute atomic E-state index is 0.128. The lowest BCUT2D eigenvalue weighted by molar-refractivity contribution is 0.0739. The van der Waals surface area contributed by atoms with Gasteiger partial charge in [-0.2, -0.15) is 10.2 Å². The Morgan fingerprint density at radius 2 is 1.86 bits per heavy atom. The molecule has 188 valence electrons. The van der Waals surface area contributed by atoms with Crippen molar-refractivity contribution in [2.75, 3.05) is 32.4 Å². The Morgan fingerprint density at radius 3 is 2.51 bits per heavy atom. The van der Waals surface area contributed by atoms with E-state index in [0.717, 1.165) is 16.8 Å². The molecule has 10 heteroatoms. The Kier molecular flexibility index (Phi) is 9.80. The largest absolute Gasteiger partial charge is 0.496 e. The van der Waals surface area contributed by atoms with Gasteiger partial charge in [-0.3, -0.25) is 8.78 Å². The molecule has 35 heavy (non-hydrogen) atoms. The standard InChI is InChI=1S/C25H31F2N5O3/c1-16-10-19(13-28-32-16)22-5-4-20(12-24(22)34-3)29-25-30-21(11-23(31-25)17(2)33)15-35-14-18(6-8-26)7-9-27/h4-5,10-13,17-18,33H,6-9,14-15H2,1-3H3,(H,29,30,31). The molecule has 2 N–H and O–H groups in total. The van der Waals surface area contributed by atoms with Crippen LogP contribution in [0.15, 0.2) is 36.5 Å². The third-order valence-electron chi connectivity index (χ3n) is 5.41. The summed E-state index contributed by atoms with van der Waals surface area (Å²) in [6, 6.07) is 9.15. The molecule has 0 spiro atoms. The zero-order valence-electron chi connectivity index (χ0n) is 20.2. The molecule has 3 rings (SSSR count). The van der Waals surface area contributed by atoms with E-state index >= 15 is 0 Å². The van der Waals surface area contributed by atoms with Gasteiger partial charge in [-0.05, 0) is 56.9 Å². The first-order valence-corrected chi connectivity index (χ1v) is 11.4. The summed E-state index contributed by atoms with van der Waals surface area (Å²) >= 11 is 0. The van der Waals surface area contributed by atoms with Gasteiger partial charge in [0.1, 0.15) is 5.75 Å². The highest BCUT2D eigenvalue weighted by molar-refractivity contribution is 5.74. The monoisotopic (exact) mass is 487 g/mol. The van der Waals surface area contributed by atoms with Crippen LogP contribution in [0, 0.1) is 12.8 Å². The van der Waals surface area contributed by atoms with Crippen molar-refractivity contribution in [3.63, 3.8) is 0 Å². The van der Waals surface area contributed by atoms with Crippen LogP contribution in [0.4, 0.5) is 20.4 Å². The van der Waals surface area contributed by atoms with Gasteiger partial charge in [0.05, 0.1) is 63.1 Å². The maximum absolute atomic E-state index is 12.7. The van der Waals surface area contributed by atoms with E-state index in [0.29, 0.717) is 22.8 Å².